The maximum atomic E-state index is 11.2. The van der Waals surface area contributed by atoms with Gasteiger partial charge in [-0.1, -0.05) is 0 Å². The second-order valence-electron chi connectivity index (χ2n) is 4.80. The monoisotopic (exact) mass is 333 g/mol. The van der Waals surface area contributed by atoms with Crippen LogP contribution in [-0.4, -0.2) is 49.3 Å². The van der Waals surface area contributed by atoms with Crippen LogP contribution >= 0.6 is 27.3 Å². The van der Waals surface area contributed by atoms with Crippen molar-refractivity contribution in [3.63, 3.8) is 0 Å². The summed E-state index contributed by atoms with van der Waals surface area (Å²) in [6.45, 7) is 2.07. The fourth-order valence-corrected chi connectivity index (χ4v) is 3.46. The highest BCUT2D eigenvalue weighted by atomic mass is 79.9. The van der Waals surface area contributed by atoms with Gasteiger partial charge in [-0.3, -0.25) is 4.79 Å². The molecule has 2 rings (SSSR count). The predicted octanol–water partition coefficient (Wildman–Crippen LogP) is 2.09. The zero-order valence-corrected chi connectivity index (χ0v) is 12.6. The van der Waals surface area contributed by atoms with Crippen molar-refractivity contribution in [2.75, 3.05) is 33.4 Å². The van der Waals surface area contributed by atoms with E-state index in [9.17, 15) is 9.90 Å². The van der Waals surface area contributed by atoms with E-state index in [1.807, 2.05) is 7.05 Å². The van der Waals surface area contributed by atoms with Crippen LogP contribution in [0.1, 0.15) is 4.88 Å². The lowest BCUT2D eigenvalue weighted by Crippen LogP contribution is -2.55. The van der Waals surface area contributed by atoms with Crippen LogP contribution < -0.4 is 0 Å². The number of carboxylic acid groups (broad SMARTS) is 1. The second-order valence-corrected chi connectivity index (χ2v) is 6.71. The van der Waals surface area contributed by atoms with Gasteiger partial charge < -0.3 is 14.7 Å². The Balaban J connectivity index is 1.81. The van der Waals surface area contributed by atoms with Gasteiger partial charge in [0.15, 0.2) is 0 Å². The topological polar surface area (TPSA) is 49.8 Å². The number of hydrogen-bond acceptors (Lipinski definition) is 4. The summed E-state index contributed by atoms with van der Waals surface area (Å²) in [6.07, 6.45) is 0.948. The summed E-state index contributed by atoms with van der Waals surface area (Å²) in [5.74, 6) is -0.750. The molecule has 0 radical (unpaired) electrons. The Morgan fingerprint density at radius 2 is 2.39 bits per heavy atom. The van der Waals surface area contributed by atoms with Gasteiger partial charge in [0.25, 0.3) is 0 Å². The third kappa shape index (κ3) is 3.12. The molecule has 0 bridgehead atoms. The smallest absolute Gasteiger partial charge is 0.315 e. The number of likely N-dealkylation sites (N-methyl/N-ethyl adjacent to an activating group) is 1. The highest BCUT2D eigenvalue weighted by molar-refractivity contribution is 9.10. The standard InChI is InChI=1S/C12H16BrNO3S/c1-14(3-2-10-4-9(13)5-18-10)6-12(11(15)16)7-17-8-12/h4-5H,2-3,6-8H2,1H3,(H,15,16). The van der Waals surface area contributed by atoms with Crippen molar-refractivity contribution in [3.05, 3.63) is 20.8 Å². The fraction of sp³-hybridized carbons (Fsp3) is 0.583. The lowest BCUT2D eigenvalue weighted by molar-refractivity contribution is -0.182. The van der Waals surface area contributed by atoms with E-state index in [0.717, 1.165) is 17.4 Å². The van der Waals surface area contributed by atoms with E-state index in [1.54, 1.807) is 11.3 Å². The van der Waals surface area contributed by atoms with Crippen LogP contribution in [0, 0.1) is 5.41 Å². The summed E-state index contributed by atoms with van der Waals surface area (Å²) in [6, 6.07) is 2.11. The zero-order chi connectivity index (χ0) is 13.2. The summed E-state index contributed by atoms with van der Waals surface area (Å²) in [5, 5.41) is 11.3. The zero-order valence-electron chi connectivity index (χ0n) is 10.2. The third-order valence-corrected chi connectivity index (χ3v) is 4.90. The van der Waals surface area contributed by atoms with E-state index in [2.05, 4.69) is 32.3 Å². The lowest BCUT2D eigenvalue weighted by Gasteiger charge is -2.40. The molecular formula is C12H16BrNO3S. The van der Waals surface area contributed by atoms with Crippen LogP contribution in [0.25, 0.3) is 0 Å². The van der Waals surface area contributed by atoms with Crippen molar-refractivity contribution < 1.29 is 14.6 Å². The number of aliphatic carboxylic acids is 1. The Bertz CT molecular complexity index is 431. The quantitative estimate of drug-likeness (QED) is 0.865. The first-order valence-corrected chi connectivity index (χ1v) is 7.42. The van der Waals surface area contributed by atoms with Crippen LogP contribution in [-0.2, 0) is 16.0 Å². The number of thiophene rings is 1. The molecular weight excluding hydrogens is 318 g/mol. The average Bonchev–Trinajstić information content (AvgIpc) is 2.66. The molecule has 6 heteroatoms. The van der Waals surface area contributed by atoms with Gasteiger partial charge in [-0.2, -0.15) is 0 Å². The Kier molecular flexibility index (Phi) is 4.42. The Hall–Kier alpha value is -0.430. The Labute approximate surface area is 119 Å². The molecule has 1 saturated heterocycles. The molecule has 1 aromatic heterocycles. The van der Waals surface area contributed by atoms with Crippen LogP contribution in [0.4, 0.5) is 0 Å². The number of halogens is 1. The maximum Gasteiger partial charge on any atom is 0.315 e. The molecule has 0 aliphatic carbocycles. The molecule has 100 valence electrons. The van der Waals surface area contributed by atoms with E-state index < -0.39 is 11.4 Å². The highest BCUT2D eigenvalue weighted by Crippen LogP contribution is 2.29. The largest absolute Gasteiger partial charge is 0.481 e. The van der Waals surface area contributed by atoms with Crippen LogP contribution in [0.15, 0.2) is 15.9 Å². The van der Waals surface area contributed by atoms with Crippen molar-refractivity contribution in [1.82, 2.24) is 4.90 Å². The van der Waals surface area contributed by atoms with Crippen LogP contribution in [0.2, 0.25) is 0 Å². The van der Waals surface area contributed by atoms with Crippen molar-refractivity contribution in [2.24, 2.45) is 5.41 Å². The van der Waals surface area contributed by atoms with E-state index in [-0.39, 0.29) is 0 Å². The molecule has 0 aromatic carbocycles. The van der Waals surface area contributed by atoms with Crippen molar-refractivity contribution in [3.8, 4) is 0 Å². The van der Waals surface area contributed by atoms with Gasteiger partial charge in [-0.05, 0) is 35.5 Å². The van der Waals surface area contributed by atoms with Crippen molar-refractivity contribution in [2.45, 2.75) is 6.42 Å². The summed E-state index contributed by atoms with van der Waals surface area (Å²) in [4.78, 5) is 14.6. The second kappa shape index (κ2) is 5.69. The number of ether oxygens (including phenoxy) is 1. The number of carbonyl (C=O) groups is 1. The van der Waals surface area contributed by atoms with Gasteiger partial charge in [0.05, 0.1) is 13.2 Å². The first-order chi connectivity index (χ1) is 8.52. The predicted molar refractivity (Wildman–Crippen MR) is 74.1 cm³/mol. The van der Waals surface area contributed by atoms with Gasteiger partial charge in [0.2, 0.25) is 0 Å². The van der Waals surface area contributed by atoms with Gasteiger partial charge in [0.1, 0.15) is 5.41 Å². The summed E-state index contributed by atoms with van der Waals surface area (Å²) in [5.41, 5.74) is -0.690. The van der Waals surface area contributed by atoms with E-state index in [0.29, 0.717) is 19.8 Å². The maximum absolute atomic E-state index is 11.2. The highest BCUT2D eigenvalue weighted by Gasteiger charge is 2.46. The first kappa shape index (κ1) is 14.0. The molecule has 18 heavy (non-hydrogen) atoms. The van der Waals surface area contributed by atoms with Gasteiger partial charge in [-0.15, -0.1) is 11.3 Å². The molecule has 2 heterocycles. The van der Waals surface area contributed by atoms with E-state index in [4.69, 9.17) is 4.74 Å². The van der Waals surface area contributed by atoms with Crippen molar-refractivity contribution >= 4 is 33.2 Å². The fourth-order valence-electron chi connectivity index (χ4n) is 2.01. The Morgan fingerprint density at radius 3 is 2.83 bits per heavy atom. The molecule has 4 nitrogen and oxygen atoms in total. The molecule has 0 spiro atoms. The van der Waals surface area contributed by atoms with Crippen LogP contribution in [0.5, 0.6) is 0 Å². The van der Waals surface area contributed by atoms with Crippen molar-refractivity contribution in [1.29, 1.82) is 0 Å². The summed E-state index contributed by atoms with van der Waals surface area (Å²) in [7, 11) is 1.96. The summed E-state index contributed by atoms with van der Waals surface area (Å²) >= 11 is 5.15. The molecule has 1 fully saturated rings. The molecule has 0 saturated carbocycles. The number of hydrogen-bond donors (Lipinski definition) is 1. The molecule has 0 unspecified atom stereocenters. The molecule has 1 N–H and O–H groups in total. The van der Waals surface area contributed by atoms with E-state index in [1.165, 1.54) is 4.88 Å². The minimum absolute atomic E-state index is 0.331. The normalized spacial score (nSPS) is 17.7. The lowest BCUT2D eigenvalue weighted by atomic mass is 9.85. The Morgan fingerprint density at radius 1 is 1.67 bits per heavy atom. The van der Waals surface area contributed by atoms with Gasteiger partial charge in [0, 0.05) is 27.8 Å². The third-order valence-electron chi connectivity index (χ3n) is 3.14. The molecule has 1 aliphatic rings. The minimum atomic E-state index is -0.750. The SMILES string of the molecule is CN(CCc1cc(Br)cs1)CC1(C(=O)O)COC1. The molecule has 1 aromatic rings. The molecule has 0 atom stereocenters. The number of rotatable bonds is 6. The average molecular weight is 334 g/mol. The van der Waals surface area contributed by atoms with E-state index >= 15 is 0 Å². The van der Waals surface area contributed by atoms with Crippen LogP contribution in [0.3, 0.4) is 0 Å². The molecule has 1 aliphatic heterocycles. The minimum Gasteiger partial charge on any atom is -0.481 e. The van der Waals surface area contributed by atoms with Gasteiger partial charge in [-0.25, -0.2) is 0 Å². The molecule has 0 amide bonds. The number of nitrogens with zero attached hydrogens (tertiary/aromatic N) is 1. The first-order valence-electron chi connectivity index (χ1n) is 5.74. The van der Waals surface area contributed by atoms with Gasteiger partial charge >= 0.3 is 5.97 Å². The number of carboxylic acids is 1. The summed E-state index contributed by atoms with van der Waals surface area (Å²) < 4.78 is 6.17.